The summed E-state index contributed by atoms with van der Waals surface area (Å²) in [7, 11) is 0. The van der Waals surface area contributed by atoms with Crippen LogP contribution in [-0.2, 0) is 33.4 Å². The number of ether oxygens (including phenoxy) is 3. The minimum atomic E-state index is -0.663. The monoisotopic (exact) mass is 826 g/mol. The third-order valence-corrected chi connectivity index (χ3v) is 7.34. The van der Waals surface area contributed by atoms with E-state index in [1.54, 1.807) is 0 Å². The van der Waals surface area contributed by atoms with Gasteiger partial charge in [-0.15, -0.1) is 0 Å². The average molecular weight is 830 g/mol. The van der Waals surface area contributed by atoms with Crippen LogP contribution in [-0.4, -0.2) is 97.4 Å². The summed E-state index contributed by atoms with van der Waals surface area (Å²) in [5, 5.41) is 8.21. The number of Topliss-reactive ketones (excluding diaryl/α,β-unsaturated/α-hetero) is 2. The first-order chi connectivity index (χ1) is 19.3. The molecule has 0 aliphatic heterocycles. The highest BCUT2D eigenvalue weighted by molar-refractivity contribution is 9.09. The second-order valence-electron chi connectivity index (χ2n) is 9.53. The van der Waals surface area contributed by atoms with Crippen molar-refractivity contribution in [1.82, 2.24) is 10.6 Å². The maximum absolute atomic E-state index is 12.7. The minimum absolute atomic E-state index is 0.00864. The standard InChI is InChI=1S/C27H46Br4N2O7/c28-10-6-23(34)5-1-2-16-38-20-27(19-24(35)7-11-29,21-39-17-3-14-32-25(36)8-12-30)22-40-18-4-15-33-26(37)9-13-31/h1-22H2,(H,32,36)(H,33,37). The largest absolute Gasteiger partial charge is 0.381 e. The van der Waals surface area contributed by atoms with Crippen molar-refractivity contribution < 1.29 is 33.4 Å². The van der Waals surface area contributed by atoms with Crippen LogP contribution in [0.2, 0.25) is 0 Å². The second kappa shape index (κ2) is 27.9. The van der Waals surface area contributed by atoms with E-state index in [0.29, 0.717) is 106 Å². The SMILES string of the molecule is O=C(CCBr)CCCCOCC(COCCCNC(=O)CCBr)(COCCCNC(=O)CCBr)CC(=O)CCBr. The van der Waals surface area contributed by atoms with Crippen molar-refractivity contribution in [3.8, 4) is 0 Å². The number of amides is 2. The van der Waals surface area contributed by atoms with Crippen molar-refractivity contribution in [3.05, 3.63) is 0 Å². The van der Waals surface area contributed by atoms with Crippen molar-refractivity contribution in [3.63, 3.8) is 0 Å². The lowest BCUT2D eigenvalue weighted by Crippen LogP contribution is -2.40. The second-order valence-corrected chi connectivity index (χ2v) is 12.7. The molecule has 0 radical (unpaired) electrons. The van der Waals surface area contributed by atoms with E-state index >= 15 is 0 Å². The molecule has 0 unspecified atom stereocenters. The molecule has 0 bridgehead atoms. The highest BCUT2D eigenvalue weighted by atomic mass is 79.9. The molecular weight excluding hydrogens is 784 g/mol. The smallest absolute Gasteiger partial charge is 0.220 e. The maximum Gasteiger partial charge on any atom is 0.220 e. The molecule has 0 saturated carbocycles. The number of ketones is 2. The Morgan fingerprint density at radius 3 is 1.40 bits per heavy atom. The van der Waals surface area contributed by atoms with Crippen molar-refractivity contribution in [2.75, 3.05) is 74.1 Å². The summed E-state index contributed by atoms with van der Waals surface area (Å²) < 4.78 is 18.0. The molecule has 0 rings (SSSR count). The summed E-state index contributed by atoms with van der Waals surface area (Å²) in [6.07, 6.45) is 5.40. The summed E-state index contributed by atoms with van der Waals surface area (Å²) in [6.45, 7) is 3.22. The molecule has 2 N–H and O–H groups in total. The van der Waals surface area contributed by atoms with E-state index in [-0.39, 0.29) is 43.0 Å². The maximum atomic E-state index is 12.7. The van der Waals surface area contributed by atoms with Gasteiger partial charge >= 0.3 is 0 Å². The van der Waals surface area contributed by atoms with Crippen LogP contribution in [0.3, 0.4) is 0 Å². The molecule has 0 aromatic heterocycles. The van der Waals surface area contributed by atoms with Crippen LogP contribution in [0.4, 0.5) is 0 Å². The van der Waals surface area contributed by atoms with Crippen LogP contribution in [0.5, 0.6) is 0 Å². The Morgan fingerprint density at radius 1 is 0.525 bits per heavy atom. The Bertz CT molecular complexity index is 628. The fraction of sp³-hybridized carbons (Fsp3) is 0.852. The molecular formula is C27H46Br4N2O7. The Kier molecular flexibility index (Phi) is 27.9. The van der Waals surface area contributed by atoms with Crippen LogP contribution < -0.4 is 10.6 Å². The number of carbonyl (C=O) groups is 4. The lowest BCUT2D eigenvalue weighted by Gasteiger charge is -2.33. The van der Waals surface area contributed by atoms with E-state index in [2.05, 4.69) is 74.4 Å². The first kappa shape index (κ1) is 40.1. The van der Waals surface area contributed by atoms with Gasteiger partial charge in [0.15, 0.2) is 0 Å². The molecule has 0 aliphatic rings. The molecule has 0 heterocycles. The van der Waals surface area contributed by atoms with E-state index in [9.17, 15) is 19.2 Å². The third-order valence-electron chi connectivity index (χ3n) is 5.76. The highest BCUT2D eigenvalue weighted by Gasteiger charge is 2.34. The molecule has 0 atom stereocenters. The van der Waals surface area contributed by atoms with E-state index in [1.165, 1.54) is 0 Å². The van der Waals surface area contributed by atoms with Crippen molar-refractivity contribution in [1.29, 1.82) is 0 Å². The third kappa shape index (κ3) is 23.6. The zero-order chi connectivity index (χ0) is 29.9. The molecule has 0 fully saturated rings. The number of nitrogens with one attached hydrogen (secondary N) is 2. The van der Waals surface area contributed by atoms with Crippen LogP contribution in [0.25, 0.3) is 0 Å². The van der Waals surface area contributed by atoms with E-state index in [4.69, 9.17) is 14.2 Å². The Labute approximate surface area is 273 Å². The predicted octanol–water partition coefficient (Wildman–Crippen LogP) is 4.87. The van der Waals surface area contributed by atoms with Crippen LogP contribution in [0.15, 0.2) is 0 Å². The lowest BCUT2D eigenvalue weighted by molar-refractivity contribution is -0.129. The molecule has 9 nitrogen and oxygen atoms in total. The van der Waals surface area contributed by atoms with E-state index in [1.807, 2.05) is 0 Å². The fourth-order valence-electron chi connectivity index (χ4n) is 3.67. The predicted molar refractivity (Wildman–Crippen MR) is 172 cm³/mol. The van der Waals surface area contributed by atoms with Gasteiger partial charge in [-0.25, -0.2) is 0 Å². The first-order valence-electron chi connectivity index (χ1n) is 13.9. The van der Waals surface area contributed by atoms with Gasteiger partial charge < -0.3 is 24.8 Å². The van der Waals surface area contributed by atoms with Crippen LogP contribution in [0, 0.1) is 5.41 Å². The fourth-order valence-corrected chi connectivity index (χ4v) is 5.27. The van der Waals surface area contributed by atoms with Gasteiger partial charge in [0.05, 0.1) is 19.8 Å². The summed E-state index contributed by atoms with van der Waals surface area (Å²) in [5.41, 5.74) is -0.663. The van der Waals surface area contributed by atoms with Gasteiger partial charge in [0, 0.05) is 98.2 Å². The number of hydrogen-bond donors (Lipinski definition) is 2. The number of carbonyl (C=O) groups excluding carboxylic acids is 4. The average Bonchev–Trinajstić information content (AvgIpc) is 2.90. The Morgan fingerprint density at radius 2 is 0.950 bits per heavy atom. The lowest BCUT2D eigenvalue weighted by atomic mass is 9.84. The normalized spacial score (nSPS) is 11.4. The van der Waals surface area contributed by atoms with Gasteiger partial charge in [0.1, 0.15) is 11.6 Å². The minimum Gasteiger partial charge on any atom is -0.381 e. The topological polar surface area (TPSA) is 120 Å². The molecule has 0 aromatic carbocycles. The quantitative estimate of drug-likeness (QED) is 0.0816. The Hall–Kier alpha value is 0.0800. The van der Waals surface area contributed by atoms with Crippen LogP contribution in [0.1, 0.15) is 64.2 Å². The van der Waals surface area contributed by atoms with Crippen molar-refractivity contribution in [2.45, 2.75) is 64.2 Å². The van der Waals surface area contributed by atoms with Crippen molar-refractivity contribution in [2.24, 2.45) is 5.41 Å². The van der Waals surface area contributed by atoms with Gasteiger partial charge in [-0.1, -0.05) is 63.7 Å². The first-order valence-corrected chi connectivity index (χ1v) is 18.3. The molecule has 0 aromatic rings. The summed E-state index contributed by atoms with van der Waals surface area (Å²) in [5.74, 6) is 0.314. The molecule has 0 spiro atoms. The van der Waals surface area contributed by atoms with Gasteiger partial charge in [-0.05, 0) is 25.7 Å². The Balaban J connectivity index is 4.99. The number of hydrogen-bond acceptors (Lipinski definition) is 7. The number of alkyl halides is 4. The van der Waals surface area contributed by atoms with Gasteiger partial charge in [0.25, 0.3) is 0 Å². The van der Waals surface area contributed by atoms with Gasteiger partial charge in [0.2, 0.25) is 11.8 Å². The van der Waals surface area contributed by atoms with E-state index in [0.717, 1.165) is 12.8 Å². The number of rotatable bonds is 29. The van der Waals surface area contributed by atoms with Crippen molar-refractivity contribution >= 4 is 87.1 Å². The highest BCUT2D eigenvalue weighted by Crippen LogP contribution is 2.26. The molecule has 0 aliphatic carbocycles. The van der Waals surface area contributed by atoms with Gasteiger partial charge in [-0.3, -0.25) is 19.2 Å². The molecule has 13 heteroatoms. The molecule has 0 saturated heterocycles. The van der Waals surface area contributed by atoms with Gasteiger partial charge in [-0.2, -0.15) is 0 Å². The van der Waals surface area contributed by atoms with Crippen LogP contribution >= 0.6 is 63.7 Å². The molecule has 2 amide bonds. The zero-order valence-corrected chi connectivity index (χ0v) is 29.8. The summed E-state index contributed by atoms with van der Waals surface area (Å²) in [4.78, 5) is 47.8. The summed E-state index contributed by atoms with van der Waals surface area (Å²) in [6, 6.07) is 0. The molecule has 40 heavy (non-hydrogen) atoms. The zero-order valence-electron chi connectivity index (χ0n) is 23.4. The van der Waals surface area contributed by atoms with E-state index < -0.39 is 5.41 Å². The summed E-state index contributed by atoms with van der Waals surface area (Å²) >= 11 is 13.1. The molecule has 234 valence electrons. The number of halogens is 4. The number of unbranched alkanes of at least 4 members (excludes halogenated alkanes) is 1.